The third-order valence-electron chi connectivity index (χ3n) is 7.82. The molecule has 1 aliphatic carbocycles. The molecule has 1 aromatic carbocycles. The van der Waals surface area contributed by atoms with Gasteiger partial charge in [0.2, 0.25) is 5.91 Å². The minimum Gasteiger partial charge on any atom is -0.494 e. The molecule has 0 unspecified atom stereocenters. The van der Waals surface area contributed by atoms with Gasteiger partial charge >= 0.3 is 0 Å². The third-order valence-corrected chi connectivity index (χ3v) is 8.68. The number of aromatic nitrogens is 1. The van der Waals surface area contributed by atoms with Crippen LogP contribution in [0.3, 0.4) is 0 Å². The van der Waals surface area contributed by atoms with Crippen LogP contribution >= 0.6 is 11.3 Å². The summed E-state index contributed by atoms with van der Waals surface area (Å²) in [6.07, 6.45) is 3.30. The van der Waals surface area contributed by atoms with E-state index in [0.717, 1.165) is 28.8 Å². The van der Waals surface area contributed by atoms with Crippen LogP contribution in [0.4, 0.5) is 5.69 Å². The highest BCUT2D eigenvalue weighted by molar-refractivity contribution is 7.17. The zero-order valence-corrected chi connectivity index (χ0v) is 21.2. The molecule has 0 bridgehead atoms. The number of benzene rings is 1. The summed E-state index contributed by atoms with van der Waals surface area (Å²) in [4.78, 5) is 29.6. The van der Waals surface area contributed by atoms with Crippen LogP contribution in [0.2, 0.25) is 0 Å². The number of hydrogen-bond acceptors (Lipinski definition) is 4. The standard InChI is InChI=1S/C27H33N3O3S/c1-5-33-20-11-9-19(10-12-20)30-25(31)23-15-24-22(13-14-34-24)29(23)16-27(30,4)26(32)28-21-8-6-7-17(2)18(21)3/h9-15,17-18,21H,5-8,16H2,1-4H3,(H,28,32)/t17-,18+,21+,27+/m0/s1. The zero-order chi connectivity index (χ0) is 24.0. The Morgan fingerprint density at radius 1 is 1.21 bits per heavy atom. The second kappa shape index (κ2) is 8.77. The van der Waals surface area contributed by atoms with E-state index >= 15 is 0 Å². The van der Waals surface area contributed by atoms with Crippen molar-refractivity contribution < 1.29 is 14.3 Å². The van der Waals surface area contributed by atoms with Crippen LogP contribution in [-0.4, -0.2) is 34.6 Å². The van der Waals surface area contributed by atoms with Gasteiger partial charge in [-0.3, -0.25) is 14.5 Å². The van der Waals surface area contributed by atoms with Gasteiger partial charge in [-0.05, 0) is 73.9 Å². The van der Waals surface area contributed by atoms with Crippen molar-refractivity contribution in [1.29, 1.82) is 0 Å². The van der Waals surface area contributed by atoms with Gasteiger partial charge in [0.1, 0.15) is 17.0 Å². The van der Waals surface area contributed by atoms with Crippen molar-refractivity contribution in [3.8, 4) is 5.75 Å². The molecule has 1 fully saturated rings. The summed E-state index contributed by atoms with van der Waals surface area (Å²) in [5.41, 5.74) is 1.27. The fraction of sp³-hybridized carbons (Fsp3) is 0.481. The molecular weight excluding hydrogens is 446 g/mol. The molecule has 1 saturated carbocycles. The van der Waals surface area contributed by atoms with E-state index in [-0.39, 0.29) is 17.9 Å². The molecule has 180 valence electrons. The minimum atomic E-state index is -1.06. The molecule has 3 heterocycles. The molecule has 2 aromatic heterocycles. The number of anilines is 1. The number of nitrogens with one attached hydrogen (secondary N) is 1. The summed E-state index contributed by atoms with van der Waals surface area (Å²) < 4.78 is 8.68. The van der Waals surface area contributed by atoms with Crippen LogP contribution < -0.4 is 15.0 Å². The Hall–Kier alpha value is -2.80. The maximum atomic E-state index is 14.0. The SMILES string of the molecule is CCOc1ccc(N2C(=O)c3cc4sccc4n3C[C@]2(C)C(=O)N[C@@H]2CCC[C@H](C)[C@H]2C)cc1. The van der Waals surface area contributed by atoms with E-state index in [2.05, 4.69) is 19.2 Å². The lowest BCUT2D eigenvalue weighted by molar-refractivity contribution is -0.128. The number of carbonyl (C=O) groups is 2. The Bertz CT molecular complexity index is 1210. The van der Waals surface area contributed by atoms with Gasteiger partial charge < -0.3 is 14.6 Å². The summed E-state index contributed by atoms with van der Waals surface area (Å²) in [5, 5.41) is 5.39. The summed E-state index contributed by atoms with van der Waals surface area (Å²) in [6.45, 7) is 9.31. The van der Waals surface area contributed by atoms with Crippen molar-refractivity contribution in [2.24, 2.45) is 11.8 Å². The average molecular weight is 480 g/mol. The van der Waals surface area contributed by atoms with Gasteiger partial charge in [0.15, 0.2) is 0 Å². The number of hydrogen-bond donors (Lipinski definition) is 1. The van der Waals surface area contributed by atoms with Gasteiger partial charge in [0, 0.05) is 11.7 Å². The Morgan fingerprint density at radius 2 is 1.97 bits per heavy atom. The quantitative estimate of drug-likeness (QED) is 0.528. The molecule has 6 nitrogen and oxygen atoms in total. The Labute approximate surface area is 204 Å². The fourth-order valence-corrected chi connectivity index (χ4v) is 6.41. The Kier molecular flexibility index (Phi) is 5.92. The molecule has 34 heavy (non-hydrogen) atoms. The second-order valence-corrected chi connectivity index (χ2v) is 10.9. The molecule has 4 atom stereocenters. The number of thiophene rings is 1. The molecule has 2 amide bonds. The normalized spacial score (nSPS) is 27.0. The molecule has 0 radical (unpaired) electrons. The number of rotatable bonds is 5. The van der Waals surface area contributed by atoms with Crippen molar-refractivity contribution in [2.75, 3.05) is 11.5 Å². The topological polar surface area (TPSA) is 63.6 Å². The van der Waals surface area contributed by atoms with E-state index in [4.69, 9.17) is 4.74 Å². The van der Waals surface area contributed by atoms with E-state index in [1.54, 1.807) is 16.2 Å². The first kappa shape index (κ1) is 23.0. The molecule has 5 rings (SSSR count). The number of ether oxygens (including phenoxy) is 1. The smallest absolute Gasteiger partial charge is 0.275 e. The highest BCUT2D eigenvalue weighted by Crippen LogP contribution is 2.38. The maximum Gasteiger partial charge on any atom is 0.275 e. The summed E-state index contributed by atoms with van der Waals surface area (Å²) in [7, 11) is 0. The van der Waals surface area contributed by atoms with Crippen LogP contribution in [0.1, 0.15) is 57.4 Å². The van der Waals surface area contributed by atoms with Gasteiger partial charge in [0.05, 0.1) is 23.4 Å². The molecule has 2 aliphatic rings. The van der Waals surface area contributed by atoms with Crippen molar-refractivity contribution in [1.82, 2.24) is 9.88 Å². The maximum absolute atomic E-state index is 14.0. The van der Waals surface area contributed by atoms with Gasteiger partial charge in [-0.15, -0.1) is 11.3 Å². The molecule has 7 heteroatoms. The van der Waals surface area contributed by atoms with Crippen LogP contribution in [0.15, 0.2) is 41.8 Å². The fourth-order valence-electron chi connectivity index (χ4n) is 5.59. The lowest BCUT2D eigenvalue weighted by Gasteiger charge is -2.45. The van der Waals surface area contributed by atoms with Gasteiger partial charge in [0.25, 0.3) is 5.91 Å². The van der Waals surface area contributed by atoms with Gasteiger partial charge in [-0.25, -0.2) is 0 Å². The highest BCUT2D eigenvalue weighted by atomic mass is 32.1. The monoisotopic (exact) mass is 479 g/mol. The largest absolute Gasteiger partial charge is 0.494 e. The van der Waals surface area contributed by atoms with Crippen molar-refractivity contribution in [2.45, 2.75) is 65.1 Å². The van der Waals surface area contributed by atoms with Crippen molar-refractivity contribution in [3.63, 3.8) is 0 Å². The molecular formula is C27H33N3O3S. The summed E-state index contributed by atoms with van der Waals surface area (Å²) >= 11 is 1.62. The van der Waals surface area contributed by atoms with Gasteiger partial charge in [-0.1, -0.05) is 26.7 Å². The van der Waals surface area contributed by atoms with E-state index in [1.807, 2.05) is 60.2 Å². The lowest BCUT2D eigenvalue weighted by Crippen LogP contribution is -2.66. The van der Waals surface area contributed by atoms with Crippen molar-refractivity contribution in [3.05, 3.63) is 47.5 Å². The van der Waals surface area contributed by atoms with Crippen LogP contribution in [0.5, 0.6) is 5.75 Å². The predicted octanol–water partition coefficient (Wildman–Crippen LogP) is 5.46. The lowest BCUT2D eigenvalue weighted by atomic mass is 9.77. The minimum absolute atomic E-state index is 0.0941. The molecule has 1 N–H and O–H groups in total. The van der Waals surface area contributed by atoms with Gasteiger partial charge in [-0.2, -0.15) is 0 Å². The molecule has 0 spiro atoms. The molecule has 0 saturated heterocycles. The average Bonchev–Trinajstić information content (AvgIpc) is 3.41. The van der Waals surface area contributed by atoms with E-state index in [0.29, 0.717) is 36.4 Å². The first-order chi connectivity index (χ1) is 16.3. The number of amides is 2. The first-order valence-corrected chi connectivity index (χ1v) is 13.2. The predicted molar refractivity (Wildman–Crippen MR) is 137 cm³/mol. The number of nitrogens with zero attached hydrogens (tertiary/aromatic N) is 2. The van der Waals surface area contributed by atoms with Crippen LogP contribution in [-0.2, 0) is 11.3 Å². The molecule has 3 aromatic rings. The van der Waals surface area contributed by atoms with E-state index in [9.17, 15) is 9.59 Å². The number of carbonyl (C=O) groups excluding carboxylic acids is 2. The van der Waals surface area contributed by atoms with Crippen molar-refractivity contribution >= 4 is 39.1 Å². The highest BCUT2D eigenvalue weighted by Gasteiger charge is 2.49. The van der Waals surface area contributed by atoms with E-state index in [1.165, 1.54) is 6.42 Å². The third kappa shape index (κ3) is 3.70. The number of fused-ring (bicyclic) bond motifs is 3. The molecule has 1 aliphatic heterocycles. The summed E-state index contributed by atoms with van der Waals surface area (Å²) in [5.74, 6) is 1.48. The summed E-state index contributed by atoms with van der Waals surface area (Å²) in [6, 6.07) is 11.6. The Morgan fingerprint density at radius 3 is 2.71 bits per heavy atom. The second-order valence-electron chi connectivity index (χ2n) is 9.97. The zero-order valence-electron chi connectivity index (χ0n) is 20.3. The van der Waals surface area contributed by atoms with Crippen LogP contribution in [0.25, 0.3) is 10.2 Å². The van der Waals surface area contributed by atoms with E-state index < -0.39 is 5.54 Å². The first-order valence-electron chi connectivity index (χ1n) is 12.3. The Balaban J connectivity index is 1.55. The van der Waals surface area contributed by atoms with Crippen LogP contribution in [0, 0.1) is 11.8 Å².